The lowest BCUT2D eigenvalue weighted by molar-refractivity contribution is -0.157. The third-order valence-electron chi connectivity index (χ3n) is 5.36. The molecule has 4 rings (SSSR count). The van der Waals surface area contributed by atoms with E-state index in [2.05, 4.69) is 22.2 Å². The van der Waals surface area contributed by atoms with Crippen molar-refractivity contribution in [1.82, 2.24) is 9.97 Å². The van der Waals surface area contributed by atoms with Crippen molar-refractivity contribution in [1.29, 1.82) is 0 Å². The molecule has 116 valence electrons. The van der Waals surface area contributed by atoms with Crippen LogP contribution in [0.25, 0.3) is 10.9 Å². The van der Waals surface area contributed by atoms with Gasteiger partial charge in [0.2, 0.25) is 5.95 Å². The lowest BCUT2D eigenvalue weighted by Crippen LogP contribution is -2.64. The Balaban J connectivity index is 1.58. The molecule has 2 atom stereocenters. The van der Waals surface area contributed by atoms with Crippen LogP contribution in [0.15, 0.2) is 29.1 Å². The molecule has 0 aliphatic heterocycles. The van der Waals surface area contributed by atoms with Crippen LogP contribution in [0.4, 0.5) is 5.95 Å². The highest BCUT2D eigenvalue weighted by atomic mass is 16.5. The number of nitrogens with zero attached hydrogens (tertiary/aromatic N) is 1. The first-order chi connectivity index (χ1) is 10.7. The van der Waals surface area contributed by atoms with Crippen LogP contribution in [-0.2, 0) is 4.74 Å². The Morgan fingerprint density at radius 3 is 2.95 bits per heavy atom. The summed E-state index contributed by atoms with van der Waals surface area (Å²) in [5, 5.41) is 4.08. The van der Waals surface area contributed by atoms with Crippen LogP contribution >= 0.6 is 0 Å². The van der Waals surface area contributed by atoms with Crippen LogP contribution in [0.3, 0.4) is 0 Å². The van der Waals surface area contributed by atoms with Gasteiger partial charge in [0.25, 0.3) is 5.56 Å². The van der Waals surface area contributed by atoms with Crippen LogP contribution < -0.4 is 10.9 Å². The highest BCUT2D eigenvalue weighted by Gasteiger charge is 2.59. The Morgan fingerprint density at radius 2 is 2.23 bits per heavy atom. The maximum absolute atomic E-state index is 12.1. The summed E-state index contributed by atoms with van der Waals surface area (Å²) in [5.74, 6) is 0.579. The number of aromatic amines is 1. The first-order valence-electron chi connectivity index (χ1n) is 8.10. The highest BCUT2D eigenvalue weighted by Crippen LogP contribution is 2.57. The summed E-state index contributed by atoms with van der Waals surface area (Å²) in [6.07, 6.45) is 5.02. The zero-order chi connectivity index (χ0) is 15.2. The summed E-state index contributed by atoms with van der Waals surface area (Å²) in [5.41, 5.74) is 0.897. The Morgan fingerprint density at radius 1 is 1.41 bits per heavy atom. The van der Waals surface area contributed by atoms with E-state index >= 15 is 0 Å². The van der Waals surface area contributed by atoms with Gasteiger partial charge in [-0.15, -0.1) is 0 Å². The number of hydrogen-bond donors (Lipinski definition) is 2. The summed E-state index contributed by atoms with van der Waals surface area (Å²) in [6.45, 7) is 2.82. The van der Waals surface area contributed by atoms with E-state index in [4.69, 9.17) is 4.74 Å². The van der Waals surface area contributed by atoms with Gasteiger partial charge in [-0.1, -0.05) is 18.6 Å². The van der Waals surface area contributed by atoms with Crippen molar-refractivity contribution in [3.63, 3.8) is 0 Å². The number of benzene rings is 1. The van der Waals surface area contributed by atoms with Crippen molar-refractivity contribution >= 4 is 16.9 Å². The van der Waals surface area contributed by atoms with E-state index < -0.39 is 0 Å². The molecule has 5 nitrogen and oxygen atoms in total. The van der Waals surface area contributed by atoms with E-state index in [9.17, 15) is 4.79 Å². The Labute approximate surface area is 129 Å². The monoisotopic (exact) mass is 299 g/mol. The molecule has 2 fully saturated rings. The van der Waals surface area contributed by atoms with Gasteiger partial charge in [0.1, 0.15) is 0 Å². The first kappa shape index (κ1) is 13.8. The standard InChI is InChI=1S/C17H21N3O2/c1-2-22-14-10-13(17(14)8-5-9-17)19-16-18-12-7-4-3-6-11(12)15(21)20-16/h3-4,6-7,13-14H,2,5,8-10H2,1H3,(H2,18,19,20,21). The van der Waals surface area contributed by atoms with Crippen LogP contribution in [0.2, 0.25) is 0 Å². The van der Waals surface area contributed by atoms with Gasteiger partial charge in [-0.3, -0.25) is 9.78 Å². The quantitative estimate of drug-likeness (QED) is 0.911. The Kier molecular flexibility index (Phi) is 3.18. The number of nitrogens with one attached hydrogen (secondary N) is 2. The molecular weight excluding hydrogens is 278 g/mol. The van der Waals surface area contributed by atoms with E-state index in [1.54, 1.807) is 6.07 Å². The van der Waals surface area contributed by atoms with Gasteiger partial charge < -0.3 is 10.1 Å². The van der Waals surface area contributed by atoms with E-state index in [1.807, 2.05) is 18.2 Å². The molecule has 0 bridgehead atoms. The fraction of sp³-hybridized carbons (Fsp3) is 0.529. The number of H-pyrrole nitrogens is 1. The largest absolute Gasteiger partial charge is 0.378 e. The minimum absolute atomic E-state index is 0.0866. The van der Waals surface area contributed by atoms with Crippen LogP contribution in [-0.4, -0.2) is 28.7 Å². The van der Waals surface area contributed by atoms with Crippen LogP contribution in [0, 0.1) is 5.41 Å². The van der Waals surface area contributed by atoms with Gasteiger partial charge in [0.05, 0.1) is 17.0 Å². The molecule has 2 saturated carbocycles. The molecule has 2 aliphatic carbocycles. The molecule has 2 aromatic rings. The zero-order valence-corrected chi connectivity index (χ0v) is 12.8. The second-order valence-electron chi connectivity index (χ2n) is 6.40. The van der Waals surface area contributed by atoms with Crippen molar-refractivity contribution < 1.29 is 4.74 Å². The Bertz CT molecular complexity index is 751. The fourth-order valence-corrected chi connectivity index (χ4v) is 3.96. The van der Waals surface area contributed by atoms with Gasteiger partial charge in [0.15, 0.2) is 0 Å². The van der Waals surface area contributed by atoms with Gasteiger partial charge >= 0.3 is 0 Å². The summed E-state index contributed by atoms with van der Waals surface area (Å²) in [7, 11) is 0. The van der Waals surface area contributed by atoms with Crippen molar-refractivity contribution in [3.8, 4) is 0 Å². The molecule has 2 unspecified atom stereocenters. The van der Waals surface area contributed by atoms with Crippen molar-refractivity contribution in [3.05, 3.63) is 34.6 Å². The number of fused-ring (bicyclic) bond motifs is 1. The minimum atomic E-state index is -0.0866. The van der Waals surface area contributed by atoms with Crippen molar-refractivity contribution in [2.24, 2.45) is 5.41 Å². The normalized spacial score (nSPS) is 25.7. The molecule has 5 heteroatoms. The second kappa shape index (κ2) is 5.09. The minimum Gasteiger partial charge on any atom is -0.378 e. The molecule has 1 aromatic carbocycles. The van der Waals surface area contributed by atoms with Crippen LogP contribution in [0.5, 0.6) is 0 Å². The maximum Gasteiger partial charge on any atom is 0.260 e. The predicted octanol–water partition coefficient (Wildman–Crippen LogP) is 2.68. The zero-order valence-electron chi connectivity index (χ0n) is 12.8. The average molecular weight is 299 g/mol. The number of para-hydroxylation sites is 1. The van der Waals surface area contributed by atoms with Crippen molar-refractivity contribution in [2.45, 2.75) is 44.8 Å². The maximum atomic E-state index is 12.1. The van der Waals surface area contributed by atoms with Crippen LogP contribution in [0.1, 0.15) is 32.6 Å². The van der Waals surface area contributed by atoms with E-state index in [1.165, 1.54) is 19.3 Å². The lowest BCUT2D eigenvalue weighted by Gasteiger charge is -2.61. The SMILES string of the molecule is CCOC1CC(Nc2nc3ccccc3c(=O)[nH]2)C12CCC2. The molecule has 0 saturated heterocycles. The van der Waals surface area contributed by atoms with Gasteiger partial charge in [-0.05, 0) is 38.3 Å². The number of aromatic nitrogens is 2. The molecule has 1 spiro atoms. The highest BCUT2D eigenvalue weighted by molar-refractivity contribution is 5.78. The molecular formula is C17H21N3O2. The van der Waals surface area contributed by atoms with E-state index in [0.717, 1.165) is 18.5 Å². The molecule has 2 aliphatic rings. The number of rotatable bonds is 4. The van der Waals surface area contributed by atoms with E-state index in [-0.39, 0.29) is 11.0 Å². The lowest BCUT2D eigenvalue weighted by atomic mass is 9.51. The van der Waals surface area contributed by atoms with Gasteiger partial charge in [-0.25, -0.2) is 4.98 Å². The summed E-state index contributed by atoms with van der Waals surface area (Å²) in [4.78, 5) is 19.5. The molecule has 22 heavy (non-hydrogen) atoms. The topological polar surface area (TPSA) is 67.0 Å². The average Bonchev–Trinajstić information content (AvgIpc) is 2.44. The summed E-state index contributed by atoms with van der Waals surface area (Å²) in [6, 6.07) is 7.78. The van der Waals surface area contributed by atoms with E-state index in [0.29, 0.717) is 23.5 Å². The molecule has 0 amide bonds. The third kappa shape index (κ3) is 1.96. The van der Waals surface area contributed by atoms with Gasteiger partial charge in [0, 0.05) is 18.1 Å². The molecule has 1 heterocycles. The van der Waals surface area contributed by atoms with Gasteiger partial charge in [-0.2, -0.15) is 0 Å². The Hall–Kier alpha value is -1.88. The fourth-order valence-electron chi connectivity index (χ4n) is 3.96. The first-order valence-corrected chi connectivity index (χ1v) is 8.10. The predicted molar refractivity (Wildman–Crippen MR) is 86.1 cm³/mol. The number of anilines is 1. The molecule has 2 N–H and O–H groups in total. The van der Waals surface area contributed by atoms with Crippen molar-refractivity contribution in [2.75, 3.05) is 11.9 Å². The summed E-state index contributed by atoms with van der Waals surface area (Å²) < 4.78 is 5.87. The number of ether oxygens (including phenoxy) is 1. The third-order valence-corrected chi connectivity index (χ3v) is 5.36. The number of hydrogen-bond acceptors (Lipinski definition) is 4. The molecule has 1 aromatic heterocycles. The summed E-state index contributed by atoms with van der Waals surface area (Å²) >= 11 is 0. The molecule has 0 radical (unpaired) electrons. The smallest absolute Gasteiger partial charge is 0.260 e. The second-order valence-corrected chi connectivity index (χ2v) is 6.40.